The van der Waals surface area contributed by atoms with Gasteiger partial charge < -0.3 is 10.2 Å². The first-order valence-electron chi connectivity index (χ1n) is 10.2. The van der Waals surface area contributed by atoms with Gasteiger partial charge in [-0.05, 0) is 55.9 Å². The van der Waals surface area contributed by atoms with E-state index in [0.717, 1.165) is 12.2 Å². The van der Waals surface area contributed by atoms with Crippen LogP contribution < -0.4 is 0 Å². The minimum Gasteiger partial charge on any atom is -0.479 e. The molecule has 27 heavy (non-hydrogen) atoms. The number of carboxylic acids is 1. The summed E-state index contributed by atoms with van der Waals surface area (Å²) in [6.07, 6.45) is 17.4. The Morgan fingerprint density at radius 2 is 2.00 bits per heavy atom. The molecule has 0 saturated heterocycles. The van der Waals surface area contributed by atoms with E-state index in [4.69, 9.17) is 5.11 Å². The molecule has 0 aromatic rings. The molecule has 0 amide bonds. The number of aliphatic hydroxyl groups excluding tert-OH is 1. The second-order valence-corrected chi connectivity index (χ2v) is 8.40. The summed E-state index contributed by atoms with van der Waals surface area (Å²) in [5.74, 6) is 0.955. The third kappa shape index (κ3) is 9.11. The van der Waals surface area contributed by atoms with Crippen molar-refractivity contribution < 1.29 is 19.8 Å². The van der Waals surface area contributed by atoms with Gasteiger partial charge >= 0.3 is 5.97 Å². The maximum Gasteiger partial charge on any atom is 0.332 e. The number of thioether (sulfide) groups is 1. The standard InChI is InChI=1S/C22H36O4S/c1-3-4-5-6-7-9-12-18-17(16-27-2)15-21(24)19(18)13-10-8-11-14-20(23)22(25)26/h8-10,12,17-20,23H,3-7,11,13-16H2,1-2H3,(H,25,26)/b10-8-,12-9+/t17-,18-,19+,20?/m0/s1. The first-order chi connectivity index (χ1) is 13.0. The summed E-state index contributed by atoms with van der Waals surface area (Å²) in [6.45, 7) is 2.22. The van der Waals surface area contributed by atoms with Crippen LogP contribution in [0.5, 0.6) is 0 Å². The molecule has 2 N–H and O–H groups in total. The number of carbonyl (C=O) groups is 2. The number of allylic oxidation sites excluding steroid dienone is 4. The minimum absolute atomic E-state index is 0.0367. The van der Waals surface area contributed by atoms with Crippen LogP contribution in [0.1, 0.15) is 64.7 Å². The van der Waals surface area contributed by atoms with E-state index in [1.54, 1.807) is 0 Å². The lowest BCUT2D eigenvalue weighted by Crippen LogP contribution is -2.18. The number of hydrogen-bond donors (Lipinski definition) is 2. The highest BCUT2D eigenvalue weighted by atomic mass is 32.2. The highest BCUT2D eigenvalue weighted by Gasteiger charge is 2.39. The zero-order chi connectivity index (χ0) is 20.1. The van der Waals surface area contributed by atoms with Crippen molar-refractivity contribution in [2.24, 2.45) is 17.8 Å². The lowest BCUT2D eigenvalue weighted by Gasteiger charge is -2.19. The number of rotatable bonds is 14. The Hall–Kier alpha value is -1.07. The zero-order valence-electron chi connectivity index (χ0n) is 16.8. The molecule has 1 unspecified atom stereocenters. The van der Waals surface area contributed by atoms with Crippen LogP contribution in [0.4, 0.5) is 0 Å². The molecule has 1 rings (SSSR count). The quantitative estimate of drug-likeness (QED) is 0.324. The van der Waals surface area contributed by atoms with Crippen LogP contribution in [0.15, 0.2) is 24.3 Å². The van der Waals surface area contributed by atoms with Crippen molar-refractivity contribution in [3.8, 4) is 0 Å². The molecular weight excluding hydrogens is 360 g/mol. The van der Waals surface area contributed by atoms with Gasteiger partial charge in [0.25, 0.3) is 0 Å². The molecule has 0 radical (unpaired) electrons. The van der Waals surface area contributed by atoms with Gasteiger partial charge in [-0.3, -0.25) is 4.79 Å². The maximum atomic E-state index is 12.5. The Balaban J connectivity index is 2.55. The van der Waals surface area contributed by atoms with Crippen molar-refractivity contribution in [2.75, 3.05) is 12.0 Å². The third-order valence-electron chi connectivity index (χ3n) is 5.30. The topological polar surface area (TPSA) is 74.6 Å². The van der Waals surface area contributed by atoms with Gasteiger partial charge in [-0.2, -0.15) is 11.8 Å². The molecule has 0 aliphatic heterocycles. The van der Waals surface area contributed by atoms with Gasteiger partial charge in [0, 0.05) is 12.3 Å². The molecule has 1 aliphatic carbocycles. The maximum absolute atomic E-state index is 12.5. The molecule has 1 saturated carbocycles. The first kappa shape index (κ1) is 24.0. The third-order valence-corrected chi connectivity index (χ3v) is 6.06. The van der Waals surface area contributed by atoms with Crippen LogP contribution in [0.3, 0.4) is 0 Å². The number of Topliss-reactive ketones (excluding diaryl/α,β-unsaturated/α-hetero) is 1. The van der Waals surface area contributed by atoms with Gasteiger partial charge in [-0.1, -0.05) is 50.5 Å². The zero-order valence-corrected chi connectivity index (χ0v) is 17.6. The molecule has 154 valence electrons. The molecule has 0 heterocycles. The highest BCUT2D eigenvalue weighted by Crippen LogP contribution is 2.39. The minimum atomic E-state index is -1.31. The van der Waals surface area contributed by atoms with E-state index in [-0.39, 0.29) is 12.3 Å². The summed E-state index contributed by atoms with van der Waals surface area (Å²) in [5.41, 5.74) is 0. The lowest BCUT2D eigenvalue weighted by atomic mass is 9.87. The molecule has 0 aromatic carbocycles. The Morgan fingerprint density at radius 1 is 1.22 bits per heavy atom. The van der Waals surface area contributed by atoms with E-state index >= 15 is 0 Å². The van der Waals surface area contributed by atoms with Crippen LogP contribution in [0, 0.1) is 17.8 Å². The number of carboxylic acid groups (broad SMARTS) is 1. The van der Waals surface area contributed by atoms with Crippen molar-refractivity contribution in [2.45, 2.75) is 70.8 Å². The summed E-state index contributed by atoms with van der Waals surface area (Å²) in [5, 5.41) is 18.0. The first-order valence-corrected chi connectivity index (χ1v) is 11.6. The second kappa shape index (κ2) is 14.0. The Morgan fingerprint density at radius 3 is 2.67 bits per heavy atom. The van der Waals surface area contributed by atoms with Crippen molar-refractivity contribution >= 4 is 23.5 Å². The number of hydrogen-bond acceptors (Lipinski definition) is 4. The molecule has 5 heteroatoms. The Bertz CT molecular complexity index is 501. The SMILES string of the molecule is CCCCCC/C=C/[C@H]1[C@H](CSC)CC(=O)[C@@H]1C/C=C\CCC(O)C(=O)O. The number of ketones is 1. The summed E-state index contributed by atoms with van der Waals surface area (Å²) < 4.78 is 0. The van der Waals surface area contributed by atoms with E-state index in [2.05, 4.69) is 25.3 Å². The number of carbonyl (C=O) groups excluding carboxylic acids is 1. The molecule has 4 nitrogen and oxygen atoms in total. The summed E-state index contributed by atoms with van der Waals surface area (Å²) >= 11 is 1.81. The van der Waals surface area contributed by atoms with Crippen LogP contribution in [0.2, 0.25) is 0 Å². The Kier molecular flexibility index (Phi) is 12.4. The van der Waals surface area contributed by atoms with Crippen molar-refractivity contribution in [1.29, 1.82) is 0 Å². The molecule has 1 fully saturated rings. The fraction of sp³-hybridized carbons (Fsp3) is 0.727. The molecule has 0 spiro atoms. The van der Waals surface area contributed by atoms with Crippen LogP contribution in [-0.4, -0.2) is 40.1 Å². The lowest BCUT2D eigenvalue weighted by molar-refractivity contribution is -0.146. The molecule has 4 atom stereocenters. The van der Waals surface area contributed by atoms with Gasteiger partial charge in [0.15, 0.2) is 6.10 Å². The van der Waals surface area contributed by atoms with Crippen LogP contribution in [0.25, 0.3) is 0 Å². The summed E-state index contributed by atoms with van der Waals surface area (Å²) in [6, 6.07) is 0. The monoisotopic (exact) mass is 396 g/mol. The Labute approximate surface area is 168 Å². The van der Waals surface area contributed by atoms with Crippen molar-refractivity contribution in [3.63, 3.8) is 0 Å². The highest BCUT2D eigenvalue weighted by molar-refractivity contribution is 7.98. The summed E-state index contributed by atoms with van der Waals surface area (Å²) in [7, 11) is 0. The fourth-order valence-electron chi connectivity index (χ4n) is 3.73. The molecule has 0 bridgehead atoms. The van der Waals surface area contributed by atoms with E-state index in [1.165, 1.54) is 25.7 Å². The van der Waals surface area contributed by atoms with Gasteiger partial charge in [0.05, 0.1) is 0 Å². The van der Waals surface area contributed by atoms with E-state index < -0.39 is 12.1 Å². The summed E-state index contributed by atoms with van der Waals surface area (Å²) in [4.78, 5) is 23.1. The van der Waals surface area contributed by atoms with Crippen LogP contribution >= 0.6 is 11.8 Å². The van der Waals surface area contributed by atoms with E-state index in [0.29, 0.717) is 36.9 Å². The molecule has 1 aliphatic rings. The van der Waals surface area contributed by atoms with Gasteiger partial charge in [-0.15, -0.1) is 0 Å². The molecule has 0 aromatic heterocycles. The van der Waals surface area contributed by atoms with E-state index in [1.807, 2.05) is 23.9 Å². The van der Waals surface area contributed by atoms with Crippen molar-refractivity contribution in [1.82, 2.24) is 0 Å². The predicted molar refractivity (Wildman–Crippen MR) is 113 cm³/mol. The van der Waals surface area contributed by atoms with Gasteiger partial charge in [0.1, 0.15) is 5.78 Å². The fourth-order valence-corrected chi connectivity index (χ4v) is 4.50. The number of aliphatic carboxylic acids is 1. The average Bonchev–Trinajstić information content (AvgIpc) is 2.92. The number of unbranched alkanes of at least 4 members (excludes halogenated alkanes) is 4. The predicted octanol–water partition coefficient (Wildman–Crippen LogP) is 4.87. The van der Waals surface area contributed by atoms with Crippen molar-refractivity contribution in [3.05, 3.63) is 24.3 Å². The van der Waals surface area contributed by atoms with Crippen LogP contribution in [-0.2, 0) is 9.59 Å². The number of aliphatic hydroxyl groups is 1. The van der Waals surface area contributed by atoms with E-state index in [9.17, 15) is 14.7 Å². The molecular formula is C22H36O4S. The van der Waals surface area contributed by atoms with Gasteiger partial charge in [-0.25, -0.2) is 4.79 Å². The normalized spacial score (nSPS) is 24.3. The smallest absolute Gasteiger partial charge is 0.332 e. The second-order valence-electron chi connectivity index (χ2n) is 7.49. The average molecular weight is 397 g/mol. The van der Waals surface area contributed by atoms with Gasteiger partial charge in [0.2, 0.25) is 0 Å². The largest absolute Gasteiger partial charge is 0.479 e.